The third-order valence-corrected chi connectivity index (χ3v) is 5.69. The van der Waals surface area contributed by atoms with Gasteiger partial charge in [-0.25, -0.2) is 4.68 Å². The van der Waals surface area contributed by atoms with Crippen LogP contribution in [0.1, 0.15) is 61.6 Å². The van der Waals surface area contributed by atoms with Crippen molar-refractivity contribution in [2.24, 2.45) is 0 Å². The highest BCUT2D eigenvalue weighted by Gasteiger charge is 2.28. The third kappa shape index (κ3) is 4.82. The second-order valence-electron chi connectivity index (χ2n) is 8.54. The predicted molar refractivity (Wildman–Crippen MR) is 128 cm³/mol. The minimum Gasteiger partial charge on any atom is -0.362 e. The minimum absolute atomic E-state index is 0.0572. The Balaban J connectivity index is 2.12. The topological polar surface area (TPSA) is 41.4 Å². The van der Waals surface area contributed by atoms with Crippen molar-refractivity contribution >= 4 is 11.7 Å². The van der Waals surface area contributed by atoms with Crippen LogP contribution in [0.4, 0.5) is 5.82 Å². The average molecular weight is 419 g/mol. The summed E-state index contributed by atoms with van der Waals surface area (Å²) in [6, 6.07) is 19.9. The first-order valence-corrected chi connectivity index (χ1v) is 11.1. The molecule has 0 N–H and O–H groups in total. The number of nitrogens with zero attached hydrogens (tertiary/aromatic N) is 4. The molecule has 0 aliphatic heterocycles. The van der Waals surface area contributed by atoms with Crippen molar-refractivity contribution in [1.29, 1.82) is 0 Å². The largest absolute Gasteiger partial charge is 0.362 e. The third-order valence-electron chi connectivity index (χ3n) is 5.69. The van der Waals surface area contributed by atoms with E-state index in [0.717, 1.165) is 34.7 Å². The molecule has 5 heteroatoms. The molecular weight excluding hydrogens is 384 g/mol. The van der Waals surface area contributed by atoms with Crippen molar-refractivity contribution in [2.75, 3.05) is 19.0 Å². The standard InChI is InChI=1S/C26H34N4O/c1-7-20(4)29(26(31)21-14-10-8-11-15-21)18-23-24(19(2)3)27-30(25(23)28(5)6)22-16-12-9-13-17-22/h8-17,19-20H,7,18H2,1-6H3/t20-/m1/s1. The maximum atomic E-state index is 13.5. The summed E-state index contributed by atoms with van der Waals surface area (Å²) in [6.45, 7) is 9.09. The normalized spacial score (nSPS) is 12.1. The number of hydrogen-bond acceptors (Lipinski definition) is 3. The van der Waals surface area contributed by atoms with Crippen molar-refractivity contribution in [2.45, 2.75) is 52.6 Å². The lowest BCUT2D eigenvalue weighted by Gasteiger charge is -2.30. The second kappa shape index (κ2) is 9.82. The first kappa shape index (κ1) is 22.6. The van der Waals surface area contributed by atoms with Gasteiger partial charge < -0.3 is 9.80 Å². The average Bonchev–Trinajstić information content (AvgIpc) is 3.17. The maximum absolute atomic E-state index is 13.5. The molecule has 0 bridgehead atoms. The molecule has 1 heterocycles. The Morgan fingerprint density at radius 1 is 0.968 bits per heavy atom. The van der Waals surface area contributed by atoms with Crippen molar-refractivity contribution in [3.8, 4) is 5.69 Å². The van der Waals surface area contributed by atoms with E-state index in [4.69, 9.17) is 5.10 Å². The van der Waals surface area contributed by atoms with Gasteiger partial charge in [0, 0.05) is 31.3 Å². The van der Waals surface area contributed by atoms with Crippen LogP contribution < -0.4 is 4.90 Å². The molecule has 0 fully saturated rings. The Bertz CT molecular complexity index is 993. The molecule has 3 aromatic rings. The minimum atomic E-state index is 0.0572. The Kier molecular flexibility index (Phi) is 7.16. The summed E-state index contributed by atoms with van der Waals surface area (Å²) in [5.74, 6) is 1.31. The van der Waals surface area contributed by atoms with Crippen molar-refractivity contribution in [1.82, 2.24) is 14.7 Å². The number of amides is 1. The lowest BCUT2D eigenvalue weighted by Crippen LogP contribution is -2.38. The molecule has 164 valence electrons. The number of aromatic nitrogens is 2. The van der Waals surface area contributed by atoms with Crippen LogP contribution in [0.15, 0.2) is 60.7 Å². The van der Waals surface area contributed by atoms with Gasteiger partial charge >= 0.3 is 0 Å². The van der Waals surface area contributed by atoms with Gasteiger partial charge in [-0.2, -0.15) is 5.10 Å². The van der Waals surface area contributed by atoms with Gasteiger partial charge in [0.15, 0.2) is 0 Å². The zero-order chi connectivity index (χ0) is 22.5. The molecule has 1 atom stereocenters. The maximum Gasteiger partial charge on any atom is 0.254 e. The van der Waals surface area contributed by atoms with Crippen LogP contribution in [0.5, 0.6) is 0 Å². The van der Waals surface area contributed by atoms with Crippen LogP contribution in [-0.2, 0) is 6.54 Å². The van der Waals surface area contributed by atoms with Crippen LogP contribution in [-0.4, -0.2) is 40.7 Å². The number of anilines is 1. The van der Waals surface area contributed by atoms with Crippen LogP contribution >= 0.6 is 0 Å². The summed E-state index contributed by atoms with van der Waals surface area (Å²) in [4.78, 5) is 17.6. The molecular formula is C26H34N4O. The van der Waals surface area contributed by atoms with Gasteiger partial charge in [-0.3, -0.25) is 4.79 Å². The van der Waals surface area contributed by atoms with Crippen LogP contribution in [0.2, 0.25) is 0 Å². The first-order chi connectivity index (χ1) is 14.8. The molecule has 1 amide bonds. The fourth-order valence-corrected chi connectivity index (χ4v) is 3.85. The smallest absolute Gasteiger partial charge is 0.254 e. The molecule has 1 aromatic heterocycles. The van der Waals surface area contributed by atoms with Gasteiger partial charge in [0.2, 0.25) is 0 Å². The second-order valence-corrected chi connectivity index (χ2v) is 8.54. The van der Waals surface area contributed by atoms with E-state index in [1.807, 2.05) is 72.2 Å². The lowest BCUT2D eigenvalue weighted by atomic mass is 10.0. The number of carbonyl (C=O) groups is 1. The van der Waals surface area contributed by atoms with E-state index in [-0.39, 0.29) is 17.9 Å². The summed E-state index contributed by atoms with van der Waals surface area (Å²) >= 11 is 0. The zero-order valence-corrected chi connectivity index (χ0v) is 19.5. The molecule has 0 aliphatic rings. The highest BCUT2D eigenvalue weighted by Crippen LogP contribution is 2.32. The first-order valence-electron chi connectivity index (χ1n) is 11.1. The van der Waals surface area contributed by atoms with Crippen LogP contribution in [0.3, 0.4) is 0 Å². The van der Waals surface area contributed by atoms with Crippen LogP contribution in [0.25, 0.3) is 5.69 Å². The predicted octanol–water partition coefficient (Wildman–Crippen LogP) is 5.50. The summed E-state index contributed by atoms with van der Waals surface area (Å²) in [5, 5.41) is 5.01. The van der Waals surface area contributed by atoms with E-state index in [0.29, 0.717) is 6.54 Å². The molecule has 2 aromatic carbocycles. The van der Waals surface area contributed by atoms with Crippen molar-refractivity contribution in [3.63, 3.8) is 0 Å². The fourth-order valence-electron chi connectivity index (χ4n) is 3.85. The van der Waals surface area contributed by atoms with E-state index < -0.39 is 0 Å². The molecule has 0 saturated carbocycles. The molecule has 5 nitrogen and oxygen atoms in total. The van der Waals surface area contributed by atoms with E-state index in [2.05, 4.69) is 44.7 Å². The zero-order valence-electron chi connectivity index (χ0n) is 19.5. The Hall–Kier alpha value is -3.08. The molecule has 0 spiro atoms. The van der Waals surface area contributed by atoms with Gasteiger partial charge in [-0.05, 0) is 43.5 Å². The lowest BCUT2D eigenvalue weighted by molar-refractivity contribution is 0.0671. The summed E-state index contributed by atoms with van der Waals surface area (Å²) < 4.78 is 2.01. The number of rotatable bonds is 8. The van der Waals surface area contributed by atoms with Crippen molar-refractivity contribution in [3.05, 3.63) is 77.5 Å². The van der Waals surface area contributed by atoms with Crippen LogP contribution in [0, 0.1) is 0 Å². The van der Waals surface area contributed by atoms with Gasteiger partial charge in [0.25, 0.3) is 5.91 Å². The molecule has 0 saturated heterocycles. The number of benzene rings is 2. The highest BCUT2D eigenvalue weighted by molar-refractivity contribution is 5.94. The molecule has 0 unspecified atom stereocenters. The molecule has 3 rings (SSSR count). The number of para-hydroxylation sites is 1. The van der Waals surface area contributed by atoms with Gasteiger partial charge in [0.05, 0.1) is 17.9 Å². The Morgan fingerprint density at radius 2 is 1.55 bits per heavy atom. The summed E-state index contributed by atoms with van der Waals surface area (Å²) in [5.41, 5.74) is 3.87. The molecule has 0 radical (unpaired) electrons. The Labute approximate surface area is 186 Å². The molecule has 0 aliphatic carbocycles. The van der Waals surface area contributed by atoms with Crippen molar-refractivity contribution < 1.29 is 4.79 Å². The van der Waals surface area contributed by atoms with E-state index in [9.17, 15) is 4.79 Å². The monoisotopic (exact) mass is 418 g/mol. The number of carbonyl (C=O) groups excluding carboxylic acids is 1. The SMILES string of the molecule is CC[C@@H](C)N(Cc1c(C(C)C)nn(-c2ccccc2)c1N(C)C)C(=O)c1ccccc1. The van der Waals surface area contributed by atoms with E-state index in [1.54, 1.807) is 0 Å². The fraction of sp³-hybridized carbons (Fsp3) is 0.385. The van der Waals surface area contributed by atoms with Gasteiger partial charge in [0.1, 0.15) is 5.82 Å². The summed E-state index contributed by atoms with van der Waals surface area (Å²) in [7, 11) is 4.08. The Morgan fingerprint density at radius 3 is 2.06 bits per heavy atom. The van der Waals surface area contributed by atoms with E-state index in [1.165, 1.54) is 0 Å². The van der Waals surface area contributed by atoms with Gasteiger partial charge in [-0.1, -0.05) is 57.2 Å². The number of hydrogen-bond donors (Lipinski definition) is 0. The molecule has 31 heavy (non-hydrogen) atoms. The highest BCUT2D eigenvalue weighted by atomic mass is 16.2. The van der Waals surface area contributed by atoms with Gasteiger partial charge in [-0.15, -0.1) is 0 Å². The quantitative estimate of drug-likeness (QED) is 0.485. The van der Waals surface area contributed by atoms with E-state index >= 15 is 0 Å². The summed E-state index contributed by atoms with van der Waals surface area (Å²) in [6.07, 6.45) is 0.889.